The van der Waals surface area contributed by atoms with Crippen molar-refractivity contribution in [1.82, 2.24) is 0 Å². The number of hydrogen-bond donors (Lipinski definition) is 1. The molecule has 0 bridgehead atoms. The number of carbonyl (C=O) groups is 2. The van der Waals surface area contributed by atoms with Crippen molar-refractivity contribution < 1.29 is 19.4 Å². The summed E-state index contributed by atoms with van der Waals surface area (Å²) in [5.74, 6) is -1.43. The Morgan fingerprint density at radius 3 is 1.38 bits per heavy atom. The number of ether oxygens (including phenoxy) is 1. The molecule has 0 aromatic heterocycles. The Kier molecular flexibility index (Phi) is 31.3. The van der Waals surface area contributed by atoms with Crippen molar-refractivity contribution in [2.75, 3.05) is 0 Å². The Balaban J connectivity index is 3.73. The van der Waals surface area contributed by atoms with Gasteiger partial charge < -0.3 is 9.84 Å². The molecule has 1 N–H and O–H groups in total. The average molecular weight is 585 g/mol. The van der Waals surface area contributed by atoms with E-state index >= 15 is 0 Å². The SMILES string of the molecule is CC/C=C\C/C=C\C/C=C\C/C=C\C/C=C\CCCC(=O)OC(CCCCCCCCCCCCCCCC)C(=O)O. The second-order valence-electron chi connectivity index (χ2n) is 11.3. The van der Waals surface area contributed by atoms with E-state index in [0.717, 1.165) is 57.8 Å². The van der Waals surface area contributed by atoms with Crippen LogP contribution in [0.15, 0.2) is 60.8 Å². The molecule has 240 valence electrons. The van der Waals surface area contributed by atoms with E-state index in [4.69, 9.17) is 4.74 Å². The van der Waals surface area contributed by atoms with E-state index in [1.807, 2.05) is 0 Å². The topological polar surface area (TPSA) is 63.6 Å². The Hall–Kier alpha value is -2.36. The second-order valence-corrected chi connectivity index (χ2v) is 11.3. The highest BCUT2D eigenvalue weighted by atomic mass is 16.6. The molecule has 0 saturated carbocycles. The minimum Gasteiger partial charge on any atom is -0.479 e. The number of carboxylic acid groups (broad SMARTS) is 1. The van der Waals surface area contributed by atoms with E-state index in [1.54, 1.807) is 0 Å². The lowest BCUT2D eigenvalue weighted by Gasteiger charge is -2.13. The number of aliphatic carboxylic acids is 1. The van der Waals surface area contributed by atoms with Crippen LogP contribution in [0.1, 0.15) is 162 Å². The van der Waals surface area contributed by atoms with Crippen LogP contribution in [0.3, 0.4) is 0 Å². The van der Waals surface area contributed by atoms with Gasteiger partial charge in [-0.2, -0.15) is 0 Å². The van der Waals surface area contributed by atoms with Crippen LogP contribution < -0.4 is 0 Å². The van der Waals surface area contributed by atoms with Gasteiger partial charge in [-0.3, -0.25) is 4.79 Å². The summed E-state index contributed by atoms with van der Waals surface area (Å²) in [4.78, 5) is 23.7. The van der Waals surface area contributed by atoms with Gasteiger partial charge in [0.15, 0.2) is 6.10 Å². The van der Waals surface area contributed by atoms with Crippen LogP contribution in [0.2, 0.25) is 0 Å². The predicted octanol–water partition coefficient (Wildman–Crippen LogP) is 11.8. The minimum atomic E-state index is -1.03. The smallest absolute Gasteiger partial charge is 0.345 e. The molecule has 4 nitrogen and oxygen atoms in total. The fourth-order valence-electron chi connectivity index (χ4n) is 4.71. The van der Waals surface area contributed by atoms with Crippen molar-refractivity contribution in [3.8, 4) is 0 Å². The van der Waals surface area contributed by atoms with Gasteiger partial charge in [0, 0.05) is 6.42 Å². The molecule has 0 aliphatic carbocycles. The zero-order valence-electron chi connectivity index (χ0n) is 27.3. The summed E-state index contributed by atoms with van der Waals surface area (Å²) < 4.78 is 5.27. The van der Waals surface area contributed by atoms with Gasteiger partial charge in [0.25, 0.3) is 0 Å². The molecule has 0 radical (unpaired) electrons. The van der Waals surface area contributed by atoms with Crippen LogP contribution in [-0.4, -0.2) is 23.1 Å². The third-order valence-corrected chi connectivity index (χ3v) is 7.28. The maximum Gasteiger partial charge on any atom is 0.345 e. The fraction of sp³-hybridized carbons (Fsp3) is 0.684. The standard InChI is InChI=1S/C38H64O4/c1-3-5-7-9-11-13-15-17-19-20-21-23-25-27-29-31-33-35-37(39)42-36(38(40)41)34-32-30-28-26-24-22-18-16-14-12-10-8-6-4-2/h5,7,11,13,17,19,21,23,27,29,36H,3-4,6,8-10,12,14-16,18,20,22,24-26,28,30-35H2,1-2H3,(H,40,41)/b7-5-,13-11-,19-17-,23-21-,29-27-. The first-order valence-corrected chi connectivity index (χ1v) is 17.3. The summed E-state index contributed by atoms with van der Waals surface area (Å²) in [7, 11) is 0. The monoisotopic (exact) mass is 584 g/mol. The number of unbranched alkanes of at least 4 members (excludes halogenated alkanes) is 14. The van der Waals surface area contributed by atoms with E-state index in [0.29, 0.717) is 12.8 Å². The molecule has 0 aromatic carbocycles. The van der Waals surface area contributed by atoms with Crippen molar-refractivity contribution in [2.24, 2.45) is 0 Å². The molecule has 0 aromatic rings. The van der Waals surface area contributed by atoms with E-state index < -0.39 is 18.0 Å². The van der Waals surface area contributed by atoms with E-state index in [2.05, 4.69) is 74.6 Å². The van der Waals surface area contributed by atoms with Crippen LogP contribution in [0.25, 0.3) is 0 Å². The third kappa shape index (κ3) is 30.6. The van der Waals surface area contributed by atoms with Crippen LogP contribution in [-0.2, 0) is 14.3 Å². The summed E-state index contributed by atoms with van der Waals surface area (Å²) in [6.45, 7) is 4.41. The summed E-state index contributed by atoms with van der Waals surface area (Å²) in [5.41, 5.74) is 0. The predicted molar refractivity (Wildman–Crippen MR) is 181 cm³/mol. The minimum absolute atomic E-state index is 0.261. The zero-order valence-corrected chi connectivity index (χ0v) is 27.3. The van der Waals surface area contributed by atoms with Crippen molar-refractivity contribution >= 4 is 11.9 Å². The molecule has 1 atom stereocenters. The number of allylic oxidation sites excluding steroid dienone is 10. The van der Waals surface area contributed by atoms with Gasteiger partial charge in [-0.05, 0) is 57.8 Å². The highest BCUT2D eigenvalue weighted by Gasteiger charge is 2.21. The Labute approximate surface area is 259 Å². The van der Waals surface area contributed by atoms with Crippen molar-refractivity contribution in [2.45, 2.75) is 168 Å². The van der Waals surface area contributed by atoms with Gasteiger partial charge in [0.1, 0.15) is 0 Å². The first kappa shape index (κ1) is 39.6. The second kappa shape index (κ2) is 33.1. The van der Waals surface area contributed by atoms with Crippen molar-refractivity contribution in [3.63, 3.8) is 0 Å². The lowest BCUT2D eigenvalue weighted by Crippen LogP contribution is -2.26. The van der Waals surface area contributed by atoms with Crippen molar-refractivity contribution in [3.05, 3.63) is 60.8 Å². The summed E-state index contributed by atoms with van der Waals surface area (Å²) in [6, 6.07) is 0. The summed E-state index contributed by atoms with van der Waals surface area (Å²) >= 11 is 0. The lowest BCUT2D eigenvalue weighted by atomic mass is 10.0. The van der Waals surface area contributed by atoms with Crippen molar-refractivity contribution in [1.29, 1.82) is 0 Å². The van der Waals surface area contributed by atoms with Gasteiger partial charge in [0.2, 0.25) is 0 Å². The number of carboxylic acids is 1. The largest absolute Gasteiger partial charge is 0.479 e. The summed E-state index contributed by atoms with van der Waals surface area (Å²) in [5, 5.41) is 9.44. The molecule has 0 spiro atoms. The van der Waals surface area contributed by atoms with Gasteiger partial charge in [0.05, 0.1) is 0 Å². The molecular formula is C38H64O4. The highest BCUT2D eigenvalue weighted by molar-refractivity contribution is 5.77. The first-order chi connectivity index (χ1) is 20.6. The zero-order chi connectivity index (χ0) is 30.8. The van der Waals surface area contributed by atoms with Gasteiger partial charge in [-0.25, -0.2) is 4.79 Å². The highest BCUT2D eigenvalue weighted by Crippen LogP contribution is 2.15. The maximum atomic E-state index is 12.1. The van der Waals surface area contributed by atoms with Gasteiger partial charge >= 0.3 is 11.9 Å². The molecule has 1 unspecified atom stereocenters. The molecule has 42 heavy (non-hydrogen) atoms. The van der Waals surface area contributed by atoms with Crippen LogP contribution in [0.4, 0.5) is 0 Å². The first-order valence-electron chi connectivity index (χ1n) is 17.3. The summed E-state index contributed by atoms with van der Waals surface area (Å²) in [6.07, 6.45) is 45.3. The Bertz CT molecular complexity index is 759. The Morgan fingerprint density at radius 1 is 0.548 bits per heavy atom. The number of rotatable bonds is 30. The molecular weight excluding hydrogens is 520 g/mol. The number of esters is 1. The number of carbonyl (C=O) groups excluding carboxylic acids is 1. The van der Waals surface area contributed by atoms with Crippen LogP contribution in [0.5, 0.6) is 0 Å². The molecule has 0 rings (SSSR count). The van der Waals surface area contributed by atoms with Crippen LogP contribution >= 0.6 is 0 Å². The molecule has 0 heterocycles. The molecule has 0 aliphatic rings. The quantitative estimate of drug-likeness (QED) is 0.0518. The normalized spacial score (nSPS) is 13.0. The van der Waals surface area contributed by atoms with E-state index in [-0.39, 0.29) is 6.42 Å². The lowest BCUT2D eigenvalue weighted by molar-refractivity contribution is -0.164. The molecule has 0 aliphatic heterocycles. The van der Waals surface area contributed by atoms with Gasteiger partial charge in [-0.1, -0.05) is 158 Å². The average Bonchev–Trinajstić information content (AvgIpc) is 2.98. The maximum absolute atomic E-state index is 12.1. The molecule has 0 saturated heterocycles. The van der Waals surface area contributed by atoms with E-state index in [9.17, 15) is 14.7 Å². The Morgan fingerprint density at radius 2 is 0.952 bits per heavy atom. The molecule has 0 amide bonds. The third-order valence-electron chi connectivity index (χ3n) is 7.28. The van der Waals surface area contributed by atoms with Gasteiger partial charge in [-0.15, -0.1) is 0 Å². The molecule has 0 fully saturated rings. The fourth-order valence-corrected chi connectivity index (χ4v) is 4.71. The number of hydrogen-bond acceptors (Lipinski definition) is 3. The van der Waals surface area contributed by atoms with E-state index in [1.165, 1.54) is 70.6 Å². The van der Waals surface area contributed by atoms with Crippen LogP contribution in [0, 0.1) is 0 Å². The molecule has 4 heteroatoms.